The van der Waals surface area contributed by atoms with Gasteiger partial charge < -0.3 is 10.2 Å². The molecule has 7 heteroatoms. The van der Waals surface area contributed by atoms with Gasteiger partial charge in [0.1, 0.15) is 5.75 Å². The highest BCUT2D eigenvalue weighted by molar-refractivity contribution is 7.92. The zero-order chi connectivity index (χ0) is 14.6. The first-order chi connectivity index (χ1) is 8.71. The lowest BCUT2D eigenvalue weighted by Gasteiger charge is -2.12. The molecule has 0 aliphatic rings. The van der Waals surface area contributed by atoms with E-state index in [4.69, 9.17) is 5.11 Å². The fourth-order valence-electron chi connectivity index (χ4n) is 1.54. The van der Waals surface area contributed by atoms with Crippen LogP contribution in [-0.2, 0) is 14.8 Å². The van der Waals surface area contributed by atoms with Crippen LogP contribution >= 0.6 is 0 Å². The van der Waals surface area contributed by atoms with Gasteiger partial charge in [0.15, 0.2) is 0 Å². The average Bonchev–Trinajstić information content (AvgIpc) is 2.24. The van der Waals surface area contributed by atoms with Crippen molar-refractivity contribution in [3.63, 3.8) is 0 Å². The molecule has 106 valence electrons. The van der Waals surface area contributed by atoms with Crippen LogP contribution in [0.15, 0.2) is 12.1 Å². The Morgan fingerprint density at radius 1 is 1.26 bits per heavy atom. The minimum atomic E-state index is -3.58. The third-order valence-electron chi connectivity index (χ3n) is 2.61. The Morgan fingerprint density at radius 3 is 2.47 bits per heavy atom. The molecule has 1 aromatic carbocycles. The number of aryl methyl sites for hydroxylation is 2. The highest BCUT2D eigenvalue weighted by atomic mass is 32.2. The smallest absolute Gasteiger partial charge is 0.303 e. The normalized spacial score (nSPS) is 11.3. The van der Waals surface area contributed by atoms with Gasteiger partial charge in [-0.05, 0) is 43.5 Å². The van der Waals surface area contributed by atoms with Crippen LogP contribution in [0.2, 0.25) is 0 Å². The summed E-state index contributed by atoms with van der Waals surface area (Å²) in [6.45, 7) is 3.34. The lowest BCUT2D eigenvalue weighted by atomic mass is 10.1. The first kappa shape index (κ1) is 15.3. The molecule has 0 amide bonds. The van der Waals surface area contributed by atoms with Crippen LogP contribution in [0.25, 0.3) is 0 Å². The Balaban J connectivity index is 2.78. The van der Waals surface area contributed by atoms with Crippen molar-refractivity contribution in [2.24, 2.45) is 0 Å². The highest BCUT2D eigenvalue weighted by Crippen LogP contribution is 2.25. The summed E-state index contributed by atoms with van der Waals surface area (Å²) in [6.07, 6.45) is -0.130. The molecule has 1 aromatic rings. The van der Waals surface area contributed by atoms with E-state index in [1.165, 1.54) is 6.07 Å². The number of nitrogens with one attached hydrogen (secondary N) is 1. The summed E-state index contributed by atoms with van der Waals surface area (Å²) in [6, 6.07) is 3.02. The van der Waals surface area contributed by atoms with Crippen LogP contribution in [0.5, 0.6) is 5.75 Å². The summed E-state index contributed by atoms with van der Waals surface area (Å²) in [7, 11) is -3.58. The molecule has 0 atom stereocenters. The van der Waals surface area contributed by atoms with Gasteiger partial charge in [0.25, 0.3) is 0 Å². The molecule has 0 spiro atoms. The number of carboxylic acids is 1. The molecule has 0 aromatic heterocycles. The average molecular weight is 287 g/mol. The zero-order valence-electron chi connectivity index (χ0n) is 10.8. The van der Waals surface area contributed by atoms with Crippen LogP contribution in [0, 0.1) is 13.8 Å². The van der Waals surface area contributed by atoms with Crippen LogP contribution in [-0.4, -0.2) is 30.4 Å². The Kier molecular flexibility index (Phi) is 4.77. The maximum Gasteiger partial charge on any atom is 0.303 e. The third kappa shape index (κ3) is 4.78. The monoisotopic (exact) mass is 287 g/mol. The standard InChI is InChI=1S/C12H17NO5S/c1-8-7-11(14)9(2)6-10(8)13-19(17,18)5-3-4-12(15)16/h6-7,13-14H,3-5H2,1-2H3,(H,15,16). The van der Waals surface area contributed by atoms with E-state index in [-0.39, 0.29) is 24.3 Å². The van der Waals surface area contributed by atoms with Crippen molar-refractivity contribution in [3.8, 4) is 5.75 Å². The van der Waals surface area contributed by atoms with Crippen molar-refractivity contribution in [1.29, 1.82) is 0 Å². The molecule has 0 aliphatic heterocycles. The molecule has 1 rings (SSSR count). The van der Waals surface area contributed by atoms with Gasteiger partial charge in [-0.25, -0.2) is 8.42 Å². The van der Waals surface area contributed by atoms with Gasteiger partial charge in [0.2, 0.25) is 10.0 Å². The van der Waals surface area contributed by atoms with E-state index in [0.29, 0.717) is 16.8 Å². The van der Waals surface area contributed by atoms with Gasteiger partial charge in [-0.1, -0.05) is 0 Å². The van der Waals surface area contributed by atoms with Crippen molar-refractivity contribution >= 4 is 21.7 Å². The SMILES string of the molecule is Cc1cc(NS(=O)(=O)CCCC(=O)O)c(C)cc1O. The number of aliphatic carboxylic acids is 1. The van der Waals surface area contributed by atoms with Crippen molar-refractivity contribution in [2.45, 2.75) is 26.7 Å². The summed E-state index contributed by atoms with van der Waals surface area (Å²) in [5.41, 5.74) is 1.56. The number of sulfonamides is 1. The number of hydrogen-bond donors (Lipinski definition) is 3. The number of benzene rings is 1. The van der Waals surface area contributed by atoms with Gasteiger partial charge in [-0.2, -0.15) is 0 Å². The van der Waals surface area contributed by atoms with E-state index < -0.39 is 16.0 Å². The fraction of sp³-hybridized carbons (Fsp3) is 0.417. The number of carbonyl (C=O) groups is 1. The van der Waals surface area contributed by atoms with E-state index in [2.05, 4.69) is 4.72 Å². The molecule has 0 radical (unpaired) electrons. The maximum absolute atomic E-state index is 11.8. The van der Waals surface area contributed by atoms with Crippen LogP contribution in [0.4, 0.5) is 5.69 Å². The van der Waals surface area contributed by atoms with Gasteiger partial charge in [0, 0.05) is 6.42 Å². The molecule has 0 saturated heterocycles. The van der Waals surface area contributed by atoms with Crippen LogP contribution < -0.4 is 4.72 Å². The topological polar surface area (TPSA) is 104 Å². The zero-order valence-corrected chi connectivity index (χ0v) is 11.6. The van der Waals surface area contributed by atoms with E-state index in [9.17, 15) is 18.3 Å². The first-order valence-corrected chi connectivity index (χ1v) is 7.39. The number of hydrogen-bond acceptors (Lipinski definition) is 4. The second-order valence-corrected chi connectivity index (χ2v) is 6.21. The van der Waals surface area contributed by atoms with Gasteiger partial charge >= 0.3 is 5.97 Å². The molecule has 0 aliphatic carbocycles. The Hall–Kier alpha value is -1.76. The minimum absolute atomic E-state index is 0.0563. The summed E-state index contributed by atoms with van der Waals surface area (Å²) in [5, 5.41) is 18.0. The number of aromatic hydroxyl groups is 1. The predicted molar refractivity (Wildman–Crippen MR) is 71.9 cm³/mol. The second-order valence-electron chi connectivity index (χ2n) is 4.37. The summed E-state index contributed by atoms with van der Waals surface area (Å²) < 4.78 is 25.9. The predicted octanol–water partition coefficient (Wildman–Crippen LogP) is 1.62. The van der Waals surface area contributed by atoms with Crippen LogP contribution in [0.1, 0.15) is 24.0 Å². The lowest BCUT2D eigenvalue weighted by Crippen LogP contribution is -2.18. The summed E-state index contributed by atoms with van der Waals surface area (Å²) >= 11 is 0. The van der Waals surface area contributed by atoms with Crippen molar-refractivity contribution < 1.29 is 23.4 Å². The fourth-order valence-corrected chi connectivity index (χ4v) is 2.72. The minimum Gasteiger partial charge on any atom is -0.508 e. The number of anilines is 1. The van der Waals surface area contributed by atoms with E-state index >= 15 is 0 Å². The lowest BCUT2D eigenvalue weighted by molar-refractivity contribution is -0.137. The van der Waals surface area contributed by atoms with Gasteiger partial charge in [0.05, 0.1) is 11.4 Å². The highest BCUT2D eigenvalue weighted by Gasteiger charge is 2.13. The number of phenolic OH excluding ortho intramolecular Hbond substituents is 1. The molecule has 6 nitrogen and oxygen atoms in total. The molecule has 0 fully saturated rings. The number of rotatable bonds is 6. The largest absolute Gasteiger partial charge is 0.508 e. The molecule has 0 saturated carbocycles. The van der Waals surface area contributed by atoms with E-state index in [0.717, 1.165) is 0 Å². The van der Waals surface area contributed by atoms with Gasteiger partial charge in [-0.15, -0.1) is 0 Å². The van der Waals surface area contributed by atoms with Crippen molar-refractivity contribution in [3.05, 3.63) is 23.3 Å². The molecule has 0 bridgehead atoms. The third-order valence-corrected chi connectivity index (χ3v) is 3.97. The number of carboxylic acid groups (broad SMARTS) is 1. The second kappa shape index (κ2) is 5.92. The Labute approximate surface area is 112 Å². The van der Waals surface area contributed by atoms with E-state index in [1.807, 2.05) is 0 Å². The first-order valence-electron chi connectivity index (χ1n) is 5.74. The molecular formula is C12H17NO5S. The molecular weight excluding hydrogens is 270 g/mol. The summed E-state index contributed by atoms with van der Waals surface area (Å²) in [4.78, 5) is 10.3. The van der Waals surface area contributed by atoms with Crippen LogP contribution in [0.3, 0.4) is 0 Å². The molecule has 3 N–H and O–H groups in total. The van der Waals surface area contributed by atoms with Crippen molar-refractivity contribution in [2.75, 3.05) is 10.5 Å². The number of phenols is 1. The Bertz CT molecular complexity index is 580. The van der Waals surface area contributed by atoms with Gasteiger partial charge in [-0.3, -0.25) is 9.52 Å². The maximum atomic E-state index is 11.8. The van der Waals surface area contributed by atoms with E-state index in [1.54, 1.807) is 19.9 Å². The molecule has 19 heavy (non-hydrogen) atoms. The molecule has 0 unspecified atom stereocenters. The Morgan fingerprint density at radius 2 is 1.89 bits per heavy atom. The quantitative estimate of drug-likeness (QED) is 0.690. The summed E-state index contributed by atoms with van der Waals surface area (Å²) in [5.74, 6) is -1.17. The van der Waals surface area contributed by atoms with Crippen molar-refractivity contribution in [1.82, 2.24) is 0 Å². The molecule has 0 heterocycles.